The van der Waals surface area contributed by atoms with Crippen LogP contribution >= 0.6 is 27.3 Å². The third-order valence-electron chi connectivity index (χ3n) is 4.84. The fourth-order valence-electron chi connectivity index (χ4n) is 3.36. The Morgan fingerprint density at radius 1 is 1.25 bits per heavy atom. The molecule has 1 saturated heterocycles. The summed E-state index contributed by atoms with van der Waals surface area (Å²) in [6.07, 6.45) is 3.72. The van der Waals surface area contributed by atoms with Gasteiger partial charge in [0.15, 0.2) is 5.78 Å². The highest BCUT2D eigenvalue weighted by Crippen LogP contribution is 2.34. The summed E-state index contributed by atoms with van der Waals surface area (Å²) in [4.78, 5) is 31.7. The Hall–Kier alpha value is -2.10. The van der Waals surface area contributed by atoms with Gasteiger partial charge in [-0.25, -0.2) is 4.98 Å². The zero-order valence-corrected chi connectivity index (χ0v) is 17.6. The van der Waals surface area contributed by atoms with Crippen LogP contribution in [0.25, 0.3) is 15.5 Å². The fraction of sp³-hybridized carbons (Fsp3) is 0.368. The van der Waals surface area contributed by atoms with Gasteiger partial charge >= 0.3 is 0 Å². The minimum atomic E-state index is -0.182. The van der Waals surface area contributed by atoms with E-state index in [0.29, 0.717) is 9.97 Å². The number of hydrogen-bond acceptors (Lipinski definition) is 7. The van der Waals surface area contributed by atoms with E-state index in [-0.39, 0.29) is 24.3 Å². The monoisotopic (exact) mass is 461 g/mol. The molecule has 0 spiro atoms. The number of Topliss-reactive ketones (excluding diaryl/α,β-unsaturated/α-hetero) is 1. The molecule has 0 aliphatic carbocycles. The molecule has 3 heterocycles. The molecular formula is C19H20BrN5O2S. The lowest BCUT2D eigenvalue weighted by Crippen LogP contribution is -2.31. The maximum atomic E-state index is 12.6. The Morgan fingerprint density at radius 3 is 2.79 bits per heavy atom. The van der Waals surface area contributed by atoms with Gasteiger partial charge in [-0.15, -0.1) is 0 Å². The highest BCUT2D eigenvalue weighted by molar-refractivity contribution is 9.10. The van der Waals surface area contributed by atoms with Gasteiger partial charge in [-0.05, 0) is 40.8 Å². The van der Waals surface area contributed by atoms with Gasteiger partial charge in [0.25, 0.3) is 5.56 Å². The van der Waals surface area contributed by atoms with Crippen molar-refractivity contribution in [2.24, 2.45) is 5.73 Å². The minimum absolute atomic E-state index is 0.0103. The maximum absolute atomic E-state index is 12.6. The number of fused-ring (bicyclic) bond motifs is 1. The van der Waals surface area contributed by atoms with Gasteiger partial charge in [0.1, 0.15) is 10.8 Å². The van der Waals surface area contributed by atoms with Crippen molar-refractivity contribution in [3.63, 3.8) is 0 Å². The molecule has 1 aromatic carbocycles. The Labute approximate surface area is 174 Å². The molecule has 0 unspecified atom stereocenters. The summed E-state index contributed by atoms with van der Waals surface area (Å²) in [6, 6.07) is 7.23. The van der Waals surface area contributed by atoms with Crippen molar-refractivity contribution < 1.29 is 4.79 Å². The van der Waals surface area contributed by atoms with Crippen LogP contribution in [0.15, 0.2) is 33.5 Å². The van der Waals surface area contributed by atoms with Crippen LogP contribution in [0.1, 0.15) is 24.8 Å². The van der Waals surface area contributed by atoms with Crippen molar-refractivity contribution in [1.29, 1.82) is 0 Å². The summed E-state index contributed by atoms with van der Waals surface area (Å²) in [5.74, 6) is 0.687. The predicted octanol–water partition coefficient (Wildman–Crippen LogP) is 2.64. The molecular weight excluding hydrogens is 442 g/mol. The summed E-state index contributed by atoms with van der Waals surface area (Å²) in [7, 11) is 0. The molecule has 28 heavy (non-hydrogen) atoms. The molecule has 1 aliphatic rings. The Kier molecular flexibility index (Phi) is 5.56. The third-order valence-corrected chi connectivity index (χ3v) is 6.71. The number of benzene rings is 1. The molecule has 3 aromatic rings. The van der Waals surface area contributed by atoms with E-state index in [1.165, 1.54) is 22.3 Å². The van der Waals surface area contributed by atoms with Crippen LogP contribution in [0.2, 0.25) is 0 Å². The average Bonchev–Trinajstić information content (AvgIpc) is 3.14. The number of piperidine rings is 1. The van der Waals surface area contributed by atoms with Gasteiger partial charge < -0.3 is 10.6 Å². The first kappa shape index (κ1) is 19.2. The zero-order valence-electron chi connectivity index (χ0n) is 15.2. The molecule has 2 aromatic heterocycles. The number of carbonyl (C=O) groups excluding carboxylic acids is 1. The predicted molar refractivity (Wildman–Crippen MR) is 114 cm³/mol. The standard InChI is InChI=1S/C19H20BrN5O2S/c20-17-12(9-13(26)11-21)5-4-6-14(17)18-23-25-16(27)10-15(22-19(25)28-18)24-7-2-1-3-8-24/h4-6,10H,1-3,7-9,11,21H2. The van der Waals surface area contributed by atoms with E-state index in [0.717, 1.165) is 47.3 Å². The van der Waals surface area contributed by atoms with E-state index < -0.39 is 0 Å². The summed E-state index contributed by atoms with van der Waals surface area (Å²) >= 11 is 4.95. The average molecular weight is 462 g/mol. The summed E-state index contributed by atoms with van der Waals surface area (Å²) in [5, 5.41) is 5.15. The normalized spacial score (nSPS) is 14.6. The fourth-order valence-corrected chi connectivity index (χ4v) is 5.01. The zero-order chi connectivity index (χ0) is 19.7. The van der Waals surface area contributed by atoms with Crippen LogP contribution in [0, 0.1) is 0 Å². The summed E-state index contributed by atoms with van der Waals surface area (Å²) in [6.45, 7) is 1.87. The molecule has 0 atom stereocenters. The number of halogens is 1. The number of ketones is 1. The highest BCUT2D eigenvalue weighted by atomic mass is 79.9. The molecule has 0 amide bonds. The molecule has 0 radical (unpaired) electrons. The van der Waals surface area contributed by atoms with Crippen LogP contribution in [0.4, 0.5) is 5.82 Å². The molecule has 1 fully saturated rings. The van der Waals surface area contributed by atoms with Gasteiger partial charge in [0, 0.05) is 35.6 Å². The number of aromatic nitrogens is 3. The van der Waals surface area contributed by atoms with Crippen molar-refractivity contribution in [2.45, 2.75) is 25.7 Å². The second-order valence-corrected chi connectivity index (χ2v) is 8.55. The second kappa shape index (κ2) is 8.10. The van der Waals surface area contributed by atoms with Crippen LogP contribution < -0.4 is 16.2 Å². The lowest BCUT2D eigenvalue weighted by Gasteiger charge is -2.27. The van der Waals surface area contributed by atoms with Crippen molar-refractivity contribution in [3.05, 3.63) is 44.7 Å². The van der Waals surface area contributed by atoms with Crippen LogP contribution in [0.5, 0.6) is 0 Å². The van der Waals surface area contributed by atoms with Crippen LogP contribution in [0.3, 0.4) is 0 Å². The lowest BCUT2D eigenvalue weighted by molar-refractivity contribution is -0.117. The van der Waals surface area contributed by atoms with Crippen molar-refractivity contribution in [1.82, 2.24) is 14.6 Å². The number of rotatable bonds is 5. The van der Waals surface area contributed by atoms with Gasteiger partial charge in [-0.3, -0.25) is 9.59 Å². The van der Waals surface area contributed by atoms with Crippen molar-refractivity contribution in [3.8, 4) is 10.6 Å². The number of anilines is 1. The Balaban J connectivity index is 1.74. The number of carbonyl (C=O) groups is 1. The largest absolute Gasteiger partial charge is 0.356 e. The van der Waals surface area contributed by atoms with Crippen molar-refractivity contribution >= 4 is 43.8 Å². The second-order valence-electron chi connectivity index (χ2n) is 6.80. The van der Waals surface area contributed by atoms with Crippen LogP contribution in [-0.4, -0.2) is 40.0 Å². The van der Waals surface area contributed by atoms with E-state index in [4.69, 9.17) is 5.73 Å². The maximum Gasteiger partial charge on any atom is 0.277 e. The number of nitrogens with zero attached hydrogens (tertiary/aromatic N) is 4. The van der Waals surface area contributed by atoms with Crippen LogP contribution in [-0.2, 0) is 11.2 Å². The summed E-state index contributed by atoms with van der Waals surface area (Å²) in [5.41, 5.74) is 6.93. The van der Waals surface area contributed by atoms with E-state index in [1.54, 1.807) is 6.07 Å². The number of hydrogen-bond donors (Lipinski definition) is 1. The first-order valence-electron chi connectivity index (χ1n) is 9.22. The molecule has 0 bridgehead atoms. The number of nitrogens with two attached hydrogens (primary N) is 1. The van der Waals surface area contributed by atoms with E-state index in [9.17, 15) is 9.59 Å². The van der Waals surface area contributed by atoms with E-state index >= 15 is 0 Å². The first-order valence-corrected chi connectivity index (χ1v) is 10.8. The summed E-state index contributed by atoms with van der Waals surface area (Å²) < 4.78 is 2.14. The molecule has 2 N–H and O–H groups in total. The van der Waals surface area contributed by atoms with Gasteiger partial charge in [0.2, 0.25) is 4.96 Å². The third kappa shape index (κ3) is 3.74. The smallest absolute Gasteiger partial charge is 0.277 e. The molecule has 4 rings (SSSR count). The Morgan fingerprint density at radius 2 is 2.04 bits per heavy atom. The van der Waals surface area contributed by atoms with Gasteiger partial charge in [-0.1, -0.05) is 29.5 Å². The topological polar surface area (TPSA) is 93.6 Å². The van der Waals surface area contributed by atoms with Gasteiger partial charge in [-0.2, -0.15) is 9.61 Å². The molecule has 9 heteroatoms. The van der Waals surface area contributed by atoms with E-state index in [2.05, 4.69) is 30.9 Å². The van der Waals surface area contributed by atoms with Crippen molar-refractivity contribution in [2.75, 3.05) is 24.5 Å². The lowest BCUT2D eigenvalue weighted by atomic mass is 10.1. The highest BCUT2D eigenvalue weighted by Gasteiger charge is 2.18. The molecule has 0 saturated carbocycles. The minimum Gasteiger partial charge on any atom is -0.356 e. The van der Waals surface area contributed by atoms with E-state index in [1.807, 2.05) is 18.2 Å². The molecule has 146 valence electrons. The Bertz CT molecular complexity index is 1090. The quantitative estimate of drug-likeness (QED) is 0.627. The first-order chi connectivity index (χ1) is 13.6. The van der Waals surface area contributed by atoms with Gasteiger partial charge in [0.05, 0.1) is 6.54 Å². The molecule has 7 nitrogen and oxygen atoms in total. The SMILES string of the molecule is NCC(=O)Cc1cccc(-c2nn3c(=O)cc(N4CCCCC4)nc3s2)c1Br. The molecule has 1 aliphatic heterocycles.